The number of rotatable bonds is 3. The highest BCUT2D eigenvalue weighted by Crippen LogP contribution is 2.26. The predicted octanol–water partition coefficient (Wildman–Crippen LogP) is 4.08. The number of aromatic hydroxyl groups is 1. The summed E-state index contributed by atoms with van der Waals surface area (Å²) < 4.78 is 7.20. The Labute approximate surface area is 147 Å². The van der Waals surface area contributed by atoms with Crippen molar-refractivity contribution in [3.63, 3.8) is 0 Å². The predicted molar refractivity (Wildman–Crippen MR) is 100 cm³/mol. The Morgan fingerprint density at radius 3 is 2.80 bits per heavy atom. The van der Waals surface area contributed by atoms with Crippen molar-refractivity contribution in [3.05, 3.63) is 70.5 Å². The Kier molecular flexibility index (Phi) is 3.95. The number of phenols is 1. The lowest BCUT2D eigenvalue weighted by molar-refractivity contribution is 0.475. The molecule has 6 heteroatoms. The number of thiazole rings is 1. The van der Waals surface area contributed by atoms with Crippen LogP contribution in [0.3, 0.4) is 0 Å². The molecule has 0 amide bonds. The fraction of sp³-hybridized carbons (Fsp3) is 0.0526. The molecule has 5 nitrogen and oxygen atoms in total. The van der Waals surface area contributed by atoms with Crippen LogP contribution in [0.25, 0.3) is 22.2 Å². The van der Waals surface area contributed by atoms with Gasteiger partial charge in [0.15, 0.2) is 5.76 Å². The third kappa shape index (κ3) is 2.77. The maximum atomic E-state index is 10.3. The minimum atomic E-state index is 0.188. The van der Waals surface area contributed by atoms with Crippen molar-refractivity contribution >= 4 is 28.3 Å². The van der Waals surface area contributed by atoms with Crippen LogP contribution in [0, 0.1) is 0 Å². The second-order valence-corrected chi connectivity index (χ2v) is 6.22. The van der Waals surface area contributed by atoms with E-state index in [-0.39, 0.29) is 5.75 Å². The van der Waals surface area contributed by atoms with Crippen LogP contribution in [0.2, 0.25) is 0 Å². The second kappa shape index (κ2) is 6.41. The lowest BCUT2D eigenvalue weighted by atomic mass is 10.0. The third-order valence-corrected chi connectivity index (χ3v) is 4.81. The maximum Gasteiger partial charge on any atom is 0.206 e. The molecule has 2 aromatic carbocycles. The van der Waals surface area contributed by atoms with Gasteiger partial charge in [0.05, 0.1) is 12.5 Å². The molecule has 0 aliphatic carbocycles. The van der Waals surface area contributed by atoms with Crippen molar-refractivity contribution in [2.75, 3.05) is 7.05 Å². The van der Waals surface area contributed by atoms with Crippen LogP contribution in [0.4, 0.5) is 0 Å². The van der Waals surface area contributed by atoms with Gasteiger partial charge in [-0.1, -0.05) is 30.3 Å². The molecule has 4 rings (SSSR count). The summed E-state index contributed by atoms with van der Waals surface area (Å²) in [6, 6.07) is 15.2. The molecule has 0 atom stereocenters. The zero-order chi connectivity index (χ0) is 17.2. The monoisotopic (exact) mass is 349 g/mol. The topological polar surface area (TPSA) is 63.0 Å². The van der Waals surface area contributed by atoms with E-state index in [2.05, 4.69) is 10.1 Å². The fourth-order valence-electron chi connectivity index (χ4n) is 2.69. The van der Waals surface area contributed by atoms with Crippen LogP contribution in [-0.2, 0) is 0 Å². The molecule has 0 unspecified atom stereocenters. The second-order valence-electron chi connectivity index (χ2n) is 5.38. The van der Waals surface area contributed by atoms with Crippen molar-refractivity contribution < 1.29 is 9.52 Å². The average Bonchev–Trinajstić information content (AvgIpc) is 3.30. The van der Waals surface area contributed by atoms with Crippen LogP contribution < -0.4 is 4.80 Å². The molecule has 1 N–H and O–H groups in total. The Bertz CT molecular complexity index is 1120. The van der Waals surface area contributed by atoms with E-state index >= 15 is 0 Å². The first-order valence-corrected chi connectivity index (χ1v) is 8.58. The van der Waals surface area contributed by atoms with Gasteiger partial charge in [-0.25, -0.2) is 4.68 Å². The number of phenolic OH excluding ortho intramolecular Hbond substituents is 1. The molecule has 0 saturated heterocycles. The van der Waals surface area contributed by atoms with E-state index in [0.29, 0.717) is 11.3 Å². The highest BCUT2D eigenvalue weighted by atomic mass is 32.1. The molecular formula is C19H15N3O2S. The van der Waals surface area contributed by atoms with E-state index in [9.17, 15) is 5.11 Å². The molecule has 25 heavy (non-hydrogen) atoms. The normalized spacial score (nSPS) is 12.4. The summed E-state index contributed by atoms with van der Waals surface area (Å²) in [5.74, 6) is 0.901. The molecule has 2 aromatic heterocycles. The zero-order valence-corrected chi connectivity index (χ0v) is 14.3. The first-order valence-electron chi connectivity index (χ1n) is 7.70. The lowest BCUT2D eigenvalue weighted by Gasteiger charge is -2.05. The Balaban J connectivity index is 1.87. The van der Waals surface area contributed by atoms with Gasteiger partial charge in [0, 0.05) is 18.0 Å². The van der Waals surface area contributed by atoms with E-state index in [0.717, 1.165) is 21.3 Å². The van der Waals surface area contributed by atoms with Gasteiger partial charge < -0.3 is 9.52 Å². The van der Waals surface area contributed by atoms with Gasteiger partial charge in [-0.2, -0.15) is 5.10 Å². The van der Waals surface area contributed by atoms with Gasteiger partial charge >= 0.3 is 0 Å². The Morgan fingerprint density at radius 1 is 1.12 bits per heavy atom. The molecule has 124 valence electrons. The summed E-state index contributed by atoms with van der Waals surface area (Å²) in [6.07, 6.45) is 3.28. The molecule has 2 heterocycles. The van der Waals surface area contributed by atoms with Crippen LogP contribution in [-0.4, -0.2) is 23.0 Å². The quantitative estimate of drug-likeness (QED) is 0.567. The Morgan fingerprint density at radius 2 is 2.00 bits per heavy atom. The third-order valence-electron chi connectivity index (χ3n) is 3.90. The number of nitrogens with zero attached hydrogens (tertiary/aromatic N) is 3. The van der Waals surface area contributed by atoms with Gasteiger partial charge in [-0.3, -0.25) is 4.99 Å². The number of fused-ring (bicyclic) bond motifs is 1. The van der Waals surface area contributed by atoms with Crippen LogP contribution >= 0.6 is 11.3 Å². The van der Waals surface area contributed by atoms with Crippen molar-refractivity contribution in [2.24, 2.45) is 10.1 Å². The van der Waals surface area contributed by atoms with Crippen molar-refractivity contribution in [3.8, 4) is 17.2 Å². The van der Waals surface area contributed by atoms with Crippen LogP contribution in [0.15, 0.2) is 74.7 Å². The minimum absolute atomic E-state index is 0.188. The summed E-state index contributed by atoms with van der Waals surface area (Å²) in [5, 5.41) is 18.8. The Hall–Kier alpha value is -3.12. The molecular weight excluding hydrogens is 334 g/mol. The van der Waals surface area contributed by atoms with E-state index in [1.54, 1.807) is 30.3 Å². The van der Waals surface area contributed by atoms with Crippen molar-refractivity contribution in [1.29, 1.82) is 0 Å². The minimum Gasteiger partial charge on any atom is -0.507 e. The number of hydrogen-bond acceptors (Lipinski definition) is 5. The molecule has 0 fully saturated rings. The first kappa shape index (κ1) is 15.4. The van der Waals surface area contributed by atoms with E-state index < -0.39 is 0 Å². The number of benzene rings is 2. The number of furan rings is 1. The summed E-state index contributed by atoms with van der Waals surface area (Å²) >= 11 is 1.48. The maximum absolute atomic E-state index is 10.3. The first-order chi connectivity index (χ1) is 12.3. The van der Waals surface area contributed by atoms with Crippen LogP contribution in [0.1, 0.15) is 5.56 Å². The van der Waals surface area contributed by atoms with Crippen molar-refractivity contribution in [1.82, 2.24) is 4.68 Å². The van der Waals surface area contributed by atoms with Crippen molar-refractivity contribution in [2.45, 2.75) is 0 Å². The molecule has 0 spiro atoms. The molecule has 0 aliphatic heterocycles. The van der Waals surface area contributed by atoms with Gasteiger partial charge in [-0.05, 0) is 29.0 Å². The van der Waals surface area contributed by atoms with E-state index in [1.807, 2.05) is 47.8 Å². The summed E-state index contributed by atoms with van der Waals surface area (Å²) in [7, 11) is 1.72. The highest BCUT2D eigenvalue weighted by molar-refractivity contribution is 7.07. The SMILES string of the molecule is CN=c1scc(-c2ccco2)n1/N=C/c1c(O)ccc2ccccc12. The molecule has 0 bridgehead atoms. The standard InChI is InChI=1S/C19H15N3O2S/c1-20-19-22(16(12-25-19)18-7-4-10-24-18)21-11-15-14-6-3-2-5-13(14)8-9-17(15)23/h2-12,23H,1H3/b20-19?,21-11+. The summed E-state index contributed by atoms with van der Waals surface area (Å²) in [6.45, 7) is 0. The van der Waals surface area contributed by atoms with Gasteiger partial charge in [0.1, 0.15) is 11.4 Å². The van der Waals surface area contributed by atoms with Gasteiger partial charge in [-0.15, -0.1) is 11.3 Å². The van der Waals surface area contributed by atoms with Gasteiger partial charge in [0.2, 0.25) is 4.80 Å². The highest BCUT2D eigenvalue weighted by Gasteiger charge is 2.10. The fourth-order valence-corrected chi connectivity index (χ4v) is 3.48. The van der Waals surface area contributed by atoms with Crippen LogP contribution in [0.5, 0.6) is 5.75 Å². The average molecular weight is 349 g/mol. The molecule has 0 aliphatic rings. The molecule has 4 aromatic rings. The summed E-state index contributed by atoms with van der Waals surface area (Å²) in [5.41, 5.74) is 1.48. The smallest absolute Gasteiger partial charge is 0.206 e. The summed E-state index contributed by atoms with van der Waals surface area (Å²) in [4.78, 5) is 5.00. The number of hydrogen-bond donors (Lipinski definition) is 1. The van der Waals surface area contributed by atoms with E-state index in [4.69, 9.17) is 4.42 Å². The largest absolute Gasteiger partial charge is 0.507 e. The van der Waals surface area contributed by atoms with E-state index in [1.165, 1.54) is 11.3 Å². The number of aromatic nitrogens is 1. The zero-order valence-electron chi connectivity index (χ0n) is 13.5. The lowest BCUT2D eigenvalue weighted by Crippen LogP contribution is -2.11. The van der Waals surface area contributed by atoms with Gasteiger partial charge in [0.25, 0.3) is 0 Å². The molecule has 0 radical (unpaired) electrons. The molecule has 0 saturated carbocycles.